The molecule has 2 heteroatoms. The van der Waals surface area contributed by atoms with Gasteiger partial charge in [-0.05, 0) is 218 Å². The summed E-state index contributed by atoms with van der Waals surface area (Å²) in [7, 11) is 0. The molecule has 0 unspecified atom stereocenters. The molecule has 2 nitrogen and oxygen atoms in total. The van der Waals surface area contributed by atoms with Crippen LogP contribution in [0.25, 0.3) is 99.1 Å². The van der Waals surface area contributed by atoms with Crippen molar-refractivity contribution < 1.29 is 0 Å². The van der Waals surface area contributed by atoms with Crippen molar-refractivity contribution in [1.82, 2.24) is 0 Å². The van der Waals surface area contributed by atoms with Crippen LogP contribution in [0.1, 0.15) is 99.9 Å². The number of para-hydroxylation sites is 2. The molecule has 0 spiro atoms. The lowest BCUT2D eigenvalue weighted by molar-refractivity contribution is 0.659. The SMILES string of the molecule is CC1(C)c2ccccc2-c2ccc(-c3ccc4c(c3)C(C)(C)c3cc(N(c5ccccc5)c5cc6c7ccccc7c(N(c7ccccc7)c7ccc8c(c7)C(C)(C)c7cc(-c9ccc%10c(c9)C(C)(C)c9ccccc9-%10)ccc7-8)cc6c6ccccc56)ccc3-4)cc21. The molecule has 0 heterocycles. The summed E-state index contributed by atoms with van der Waals surface area (Å²) in [5.74, 6) is 0. The van der Waals surface area contributed by atoms with E-state index in [1.54, 1.807) is 0 Å². The number of nitrogens with zero attached hydrogens (tertiary/aromatic N) is 2. The molecule has 0 saturated heterocycles. The molecule has 0 aromatic heterocycles. The van der Waals surface area contributed by atoms with Crippen molar-refractivity contribution in [3.63, 3.8) is 0 Å². The molecule has 0 radical (unpaired) electrons. The Morgan fingerprint density at radius 2 is 0.446 bits per heavy atom. The summed E-state index contributed by atoms with van der Waals surface area (Å²) in [6, 6.07) is 106. The minimum absolute atomic E-state index is 0.0645. The Morgan fingerprint density at radius 1 is 0.185 bits per heavy atom. The van der Waals surface area contributed by atoms with Crippen LogP contribution < -0.4 is 9.80 Å². The van der Waals surface area contributed by atoms with E-state index in [0.717, 1.165) is 34.1 Å². The van der Waals surface area contributed by atoms with Gasteiger partial charge in [0.1, 0.15) is 0 Å². The first-order valence-corrected chi connectivity index (χ1v) is 32.8. The van der Waals surface area contributed by atoms with Crippen LogP contribution in [0.4, 0.5) is 34.1 Å². The van der Waals surface area contributed by atoms with Gasteiger partial charge in [0.05, 0.1) is 11.4 Å². The second-order valence-electron chi connectivity index (χ2n) is 28.4. The van der Waals surface area contributed by atoms with Crippen molar-refractivity contribution in [3.05, 3.63) is 324 Å². The van der Waals surface area contributed by atoms with Gasteiger partial charge in [0.25, 0.3) is 0 Å². The van der Waals surface area contributed by atoms with Crippen LogP contribution in [0.5, 0.6) is 0 Å². The van der Waals surface area contributed by atoms with Crippen molar-refractivity contribution in [2.24, 2.45) is 0 Å². The van der Waals surface area contributed by atoms with Gasteiger partial charge in [-0.1, -0.05) is 250 Å². The Labute approximate surface area is 540 Å². The van der Waals surface area contributed by atoms with Gasteiger partial charge in [0.2, 0.25) is 0 Å². The fourth-order valence-corrected chi connectivity index (χ4v) is 17.1. The van der Waals surface area contributed by atoms with E-state index in [1.807, 2.05) is 0 Å². The summed E-state index contributed by atoms with van der Waals surface area (Å²) in [6.07, 6.45) is 0. The zero-order chi connectivity index (χ0) is 62.2. The normalized spacial score (nSPS) is 15.1. The van der Waals surface area contributed by atoms with E-state index in [9.17, 15) is 0 Å². The maximum absolute atomic E-state index is 2.51. The van der Waals surface area contributed by atoms with Gasteiger partial charge in [0.15, 0.2) is 0 Å². The molecule has 0 bridgehead atoms. The smallest absolute Gasteiger partial charge is 0.0546 e. The van der Waals surface area contributed by atoms with Crippen LogP contribution in [0.2, 0.25) is 0 Å². The lowest BCUT2D eigenvalue weighted by Crippen LogP contribution is -2.17. The lowest BCUT2D eigenvalue weighted by atomic mass is 9.80. The van der Waals surface area contributed by atoms with E-state index < -0.39 is 0 Å². The second kappa shape index (κ2) is 19.5. The molecule has 4 aliphatic carbocycles. The molecule has 92 heavy (non-hydrogen) atoms. The van der Waals surface area contributed by atoms with Crippen LogP contribution in [0, 0.1) is 0 Å². The maximum atomic E-state index is 2.51. The van der Waals surface area contributed by atoms with Gasteiger partial charge in [0, 0.05) is 55.2 Å². The molecule has 0 fully saturated rings. The zero-order valence-electron chi connectivity index (χ0n) is 53.5. The number of anilines is 6. The van der Waals surface area contributed by atoms with Gasteiger partial charge < -0.3 is 9.80 Å². The summed E-state index contributed by atoms with van der Waals surface area (Å²) >= 11 is 0. The molecule has 18 rings (SSSR count). The highest BCUT2D eigenvalue weighted by atomic mass is 15.2. The summed E-state index contributed by atoms with van der Waals surface area (Å²) < 4.78 is 0. The largest absolute Gasteiger partial charge is 0.310 e. The second-order valence-corrected chi connectivity index (χ2v) is 28.4. The van der Waals surface area contributed by atoms with E-state index in [-0.39, 0.29) is 21.7 Å². The third kappa shape index (κ3) is 7.74. The number of rotatable bonds is 8. The standard InChI is InChI=1S/C90H70N2/c1-87(2)77-33-21-19-29-65(77)67-41-35-55(47-79(67)87)57-37-43-69-71-45-39-61(51-83(71)89(5,6)81(69)49-57)91(59-23-11-9-12-24-59)85-53-75-64-28-16-18-32-74(64)86(54-76(75)63-27-15-17-31-73(63)85)92(60-25-13-10-14-26-60)62-40-46-72-70-44-38-58(50-82(70)90(7,8)84(72)52-62)56-36-42-68-66-30-20-22-34-78(66)88(3,4)80(68)48-56/h9-54H,1-8H3. The van der Waals surface area contributed by atoms with E-state index >= 15 is 0 Å². The minimum Gasteiger partial charge on any atom is -0.310 e. The maximum Gasteiger partial charge on any atom is 0.0546 e. The van der Waals surface area contributed by atoms with Crippen molar-refractivity contribution >= 4 is 66.4 Å². The summed E-state index contributed by atoms with van der Waals surface area (Å²) in [4.78, 5) is 5.02. The molecular formula is C90H70N2. The molecule has 0 atom stereocenters. The summed E-state index contributed by atoms with van der Waals surface area (Å²) in [6.45, 7) is 19.2. The molecule has 14 aromatic carbocycles. The van der Waals surface area contributed by atoms with Gasteiger partial charge in [-0.15, -0.1) is 0 Å². The fraction of sp³-hybridized carbons (Fsp3) is 0.133. The van der Waals surface area contributed by atoms with Gasteiger partial charge >= 0.3 is 0 Å². The molecular weight excluding hydrogens is 1110 g/mol. The average Bonchev–Trinajstić information content (AvgIpc) is 1.72. The number of hydrogen-bond acceptors (Lipinski definition) is 2. The van der Waals surface area contributed by atoms with E-state index in [4.69, 9.17) is 0 Å². The first-order valence-electron chi connectivity index (χ1n) is 32.8. The van der Waals surface area contributed by atoms with Crippen LogP contribution in [0.15, 0.2) is 279 Å². The monoisotopic (exact) mass is 1180 g/mol. The Hall–Kier alpha value is -10.5. The Kier molecular flexibility index (Phi) is 11.5. The van der Waals surface area contributed by atoms with Crippen molar-refractivity contribution in [2.45, 2.75) is 77.0 Å². The molecule has 14 aromatic rings. The first-order chi connectivity index (χ1) is 44.6. The zero-order valence-corrected chi connectivity index (χ0v) is 53.5. The van der Waals surface area contributed by atoms with Crippen LogP contribution in [0.3, 0.4) is 0 Å². The topological polar surface area (TPSA) is 6.48 Å². The Balaban J connectivity index is 0.742. The lowest BCUT2D eigenvalue weighted by Gasteiger charge is -2.31. The highest BCUT2D eigenvalue weighted by Crippen LogP contribution is 2.57. The third-order valence-electron chi connectivity index (χ3n) is 22.0. The quantitative estimate of drug-likeness (QED) is 0.140. The van der Waals surface area contributed by atoms with Crippen molar-refractivity contribution in [2.75, 3.05) is 9.80 Å². The van der Waals surface area contributed by atoms with E-state index in [1.165, 1.54) is 144 Å². The van der Waals surface area contributed by atoms with Gasteiger partial charge in [-0.2, -0.15) is 0 Å². The first kappa shape index (κ1) is 54.4. The van der Waals surface area contributed by atoms with E-state index in [0.29, 0.717) is 0 Å². The summed E-state index contributed by atoms with van der Waals surface area (Å²) in [5.41, 5.74) is 32.8. The highest BCUT2D eigenvalue weighted by Gasteiger charge is 2.41. The molecule has 0 N–H and O–H groups in total. The molecule has 440 valence electrons. The third-order valence-corrected chi connectivity index (χ3v) is 22.0. The van der Waals surface area contributed by atoms with Crippen LogP contribution in [-0.4, -0.2) is 0 Å². The minimum atomic E-state index is -0.259. The van der Waals surface area contributed by atoms with Crippen LogP contribution in [-0.2, 0) is 21.7 Å². The van der Waals surface area contributed by atoms with Crippen molar-refractivity contribution in [1.29, 1.82) is 0 Å². The van der Waals surface area contributed by atoms with Gasteiger partial charge in [-0.3, -0.25) is 0 Å². The summed E-state index contributed by atoms with van der Waals surface area (Å²) in [5, 5.41) is 7.22. The van der Waals surface area contributed by atoms with Crippen LogP contribution >= 0.6 is 0 Å². The Morgan fingerprint density at radius 3 is 0.793 bits per heavy atom. The predicted molar refractivity (Wildman–Crippen MR) is 389 cm³/mol. The molecule has 0 aliphatic heterocycles. The van der Waals surface area contributed by atoms with E-state index in [2.05, 4.69) is 344 Å². The number of fused-ring (bicyclic) bond motifs is 17. The highest BCUT2D eigenvalue weighted by molar-refractivity contribution is 6.24. The fourth-order valence-electron chi connectivity index (χ4n) is 17.1. The average molecular weight is 1180 g/mol. The molecule has 0 saturated carbocycles. The molecule has 4 aliphatic rings. The molecule has 0 amide bonds. The number of benzene rings is 14. The Bertz CT molecular complexity index is 5120. The number of hydrogen-bond donors (Lipinski definition) is 0. The van der Waals surface area contributed by atoms with Crippen molar-refractivity contribution in [3.8, 4) is 66.8 Å². The predicted octanol–water partition coefficient (Wildman–Crippen LogP) is 24.6. The van der Waals surface area contributed by atoms with Gasteiger partial charge in [-0.25, -0.2) is 0 Å².